The van der Waals surface area contributed by atoms with Crippen molar-refractivity contribution in [1.29, 1.82) is 0 Å². The molecule has 2 rings (SSSR count). The lowest BCUT2D eigenvalue weighted by molar-refractivity contribution is 0.0176. The predicted octanol–water partition coefficient (Wildman–Crippen LogP) is 0.511. The van der Waals surface area contributed by atoms with Gasteiger partial charge in [0.15, 0.2) is 0 Å². The van der Waals surface area contributed by atoms with Crippen LogP contribution >= 0.6 is 0 Å². The van der Waals surface area contributed by atoms with E-state index >= 15 is 0 Å². The fraction of sp³-hybridized carbons (Fsp3) is 0.733. The van der Waals surface area contributed by atoms with E-state index in [0.29, 0.717) is 25.3 Å². The van der Waals surface area contributed by atoms with E-state index in [-0.39, 0.29) is 5.91 Å². The molecule has 0 radical (unpaired) electrons. The van der Waals surface area contributed by atoms with Gasteiger partial charge in [-0.25, -0.2) is 0 Å². The number of hydrogen-bond donors (Lipinski definition) is 1. The lowest BCUT2D eigenvalue weighted by Crippen LogP contribution is -2.52. The van der Waals surface area contributed by atoms with Crippen molar-refractivity contribution in [2.24, 2.45) is 7.05 Å². The lowest BCUT2D eigenvalue weighted by Gasteiger charge is -2.37. The van der Waals surface area contributed by atoms with E-state index in [2.05, 4.69) is 10.00 Å². The molecule has 118 valence electrons. The molecule has 1 saturated heterocycles. The molecule has 1 N–H and O–H groups in total. The molecule has 1 aromatic rings. The SMILES string of the molecule is CCc1cc(C(=O)N2CCN(CC(C)(C)O)CC2)n(C)n1. The number of aryl methyl sites for hydroxylation is 2. The maximum atomic E-state index is 12.5. The summed E-state index contributed by atoms with van der Waals surface area (Å²) in [5, 5.41) is 14.2. The second-order valence-electron chi connectivity index (χ2n) is 6.38. The second kappa shape index (κ2) is 6.15. The van der Waals surface area contributed by atoms with Crippen LogP contribution in [-0.2, 0) is 13.5 Å². The largest absolute Gasteiger partial charge is 0.389 e. The van der Waals surface area contributed by atoms with Crippen LogP contribution in [0.25, 0.3) is 0 Å². The highest BCUT2D eigenvalue weighted by Gasteiger charge is 2.26. The zero-order valence-corrected chi connectivity index (χ0v) is 13.5. The van der Waals surface area contributed by atoms with Gasteiger partial charge in [-0.3, -0.25) is 14.4 Å². The Morgan fingerprint density at radius 3 is 2.43 bits per heavy atom. The third kappa shape index (κ3) is 4.04. The van der Waals surface area contributed by atoms with E-state index in [9.17, 15) is 9.90 Å². The van der Waals surface area contributed by atoms with Gasteiger partial charge in [0.25, 0.3) is 5.91 Å². The van der Waals surface area contributed by atoms with Crippen LogP contribution < -0.4 is 0 Å². The number of carbonyl (C=O) groups is 1. The normalized spacial score (nSPS) is 17.3. The molecule has 1 amide bonds. The highest BCUT2D eigenvalue weighted by atomic mass is 16.3. The number of aromatic nitrogens is 2. The molecule has 0 aromatic carbocycles. The van der Waals surface area contributed by atoms with Gasteiger partial charge in [0.2, 0.25) is 0 Å². The minimum Gasteiger partial charge on any atom is -0.389 e. The third-order valence-corrected chi connectivity index (χ3v) is 3.78. The molecule has 0 unspecified atom stereocenters. The molecule has 0 atom stereocenters. The zero-order valence-electron chi connectivity index (χ0n) is 13.5. The Hall–Kier alpha value is -1.40. The Balaban J connectivity index is 1.95. The molecule has 6 nitrogen and oxygen atoms in total. The van der Waals surface area contributed by atoms with E-state index < -0.39 is 5.60 Å². The smallest absolute Gasteiger partial charge is 0.272 e. The summed E-state index contributed by atoms with van der Waals surface area (Å²) in [6.07, 6.45) is 0.834. The number of rotatable bonds is 4. The standard InChI is InChI=1S/C15H26N4O2/c1-5-12-10-13(17(4)16-12)14(20)19-8-6-18(7-9-19)11-15(2,3)21/h10,21H,5-9,11H2,1-4H3. The molecule has 1 fully saturated rings. The fourth-order valence-corrected chi connectivity index (χ4v) is 2.72. The van der Waals surface area contributed by atoms with Crippen molar-refractivity contribution in [2.45, 2.75) is 32.8 Å². The number of aliphatic hydroxyl groups is 1. The van der Waals surface area contributed by atoms with E-state index in [1.807, 2.05) is 38.8 Å². The van der Waals surface area contributed by atoms with E-state index in [0.717, 1.165) is 25.2 Å². The molecule has 0 bridgehead atoms. The van der Waals surface area contributed by atoms with E-state index in [4.69, 9.17) is 0 Å². The van der Waals surface area contributed by atoms with Crippen molar-refractivity contribution < 1.29 is 9.90 Å². The summed E-state index contributed by atoms with van der Waals surface area (Å²) in [6, 6.07) is 1.88. The minimum absolute atomic E-state index is 0.0487. The first-order valence-electron chi connectivity index (χ1n) is 7.57. The first-order valence-corrected chi connectivity index (χ1v) is 7.57. The van der Waals surface area contributed by atoms with Crippen molar-refractivity contribution in [1.82, 2.24) is 19.6 Å². The molecule has 1 aliphatic heterocycles. The molecular weight excluding hydrogens is 268 g/mol. The monoisotopic (exact) mass is 294 g/mol. The van der Waals surface area contributed by atoms with Crippen LogP contribution in [0.4, 0.5) is 0 Å². The van der Waals surface area contributed by atoms with Crippen molar-refractivity contribution in [3.63, 3.8) is 0 Å². The van der Waals surface area contributed by atoms with Crippen LogP contribution in [0.5, 0.6) is 0 Å². The number of hydrogen-bond acceptors (Lipinski definition) is 4. The highest BCUT2D eigenvalue weighted by Crippen LogP contribution is 2.12. The molecule has 0 spiro atoms. The summed E-state index contributed by atoms with van der Waals surface area (Å²) in [7, 11) is 1.82. The van der Waals surface area contributed by atoms with Crippen LogP contribution in [0.15, 0.2) is 6.07 Å². The Morgan fingerprint density at radius 1 is 1.33 bits per heavy atom. The number of carbonyl (C=O) groups excluding carboxylic acids is 1. The van der Waals surface area contributed by atoms with Crippen LogP contribution in [-0.4, -0.2) is 68.9 Å². The first kappa shape index (κ1) is 16.0. The van der Waals surface area contributed by atoms with Gasteiger partial charge in [-0.15, -0.1) is 0 Å². The molecule has 6 heteroatoms. The first-order chi connectivity index (χ1) is 9.80. The summed E-state index contributed by atoms with van der Waals surface area (Å²) in [4.78, 5) is 16.6. The van der Waals surface area contributed by atoms with Gasteiger partial charge in [0, 0.05) is 39.8 Å². The van der Waals surface area contributed by atoms with Gasteiger partial charge in [0.05, 0.1) is 11.3 Å². The molecule has 2 heterocycles. The third-order valence-electron chi connectivity index (χ3n) is 3.78. The molecule has 1 aliphatic rings. The fourth-order valence-electron chi connectivity index (χ4n) is 2.72. The average molecular weight is 294 g/mol. The van der Waals surface area contributed by atoms with Gasteiger partial charge >= 0.3 is 0 Å². The summed E-state index contributed by atoms with van der Waals surface area (Å²) < 4.78 is 1.67. The second-order valence-corrected chi connectivity index (χ2v) is 6.38. The van der Waals surface area contributed by atoms with E-state index in [1.165, 1.54) is 0 Å². The molecule has 0 aliphatic carbocycles. The molecule has 0 saturated carbocycles. The maximum Gasteiger partial charge on any atom is 0.272 e. The van der Waals surface area contributed by atoms with E-state index in [1.54, 1.807) is 4.68 Å². The van der Waals surface area contributed by atoms with Gasteiger partial charge in [-0.2, -0.15) is 5.10 Å². The highest BCUT2D eigenvalue weighted by molar-refractivity contribution is 5.92. The summed E-state index contributed by atoms with van der Waals surface area (Å²) >= 11 is 0. The number of β-amino-alcohol motifs (C(OH)–C–C–N with tert-alkyl or cyclic N) is 1. The van der Waals surface area contributed by atoms with Crippen molar-refractivity contribution in [3.8, 4) is 0 Å². The topological polar surface area (TPSA) is 61.6 Å². The van der Waals surface area contributed by atoms with Crippen molar-refractivity contribution >= 4 is 5.91 Å². The number of piperazine rings is 1. The quantitative estimate of drug-likeness (QED) is 0.879. The Labute approximate surface area is 126 Å². The average Bonchev–Trinajstić information content (AvgIpc) is 2.78. The van der Waals surface area contributed by atoms with Gasteiger partial charge in [-0.1, -0.05) is 6.92 Å². The van der Waals surface area contributed by atoms with Crippen LogP contribution in [0.1, 0.15) is 37.0 Å². The Morgan fingerprint density at radius 2 is 1.95 bits per heavy atom. The van der Waals surface area contributed by atoms with Crippen LogP contribution in [0.3, 0.4) is 0 Å². The van der Waals surface area contributed by atoms with Gasteiger partial charge < -0.3 is 10.0 Å². The zero-order chi connectivity index (χ0) is 15.6. The predicted molar refractivity (Wildman–Crippen MR) is 81.2 cm³/mol. The summed E-state index contributed by atoms with van der Waals surface area (Å²) in [5.41, 5.74) is 0.911. The van der Waals surface area contributed by atoms with Gasteiger partial charge in [0.1, 0.15) is 5.69 Å². The Bertz CT molecular complexity index is 496. The van der Waals surface area contributed by atoms with Crippen LogP contribution in [0.2, 0.25) is 0 Å². The summed E-state index contributed by atoms with van der Waals surface area (Å²) in [5.74, 6) is 0.0487. The minimum atomic E-state index is -0.690. The molecule has 1 aromatic heterocycles. The van der Waals surface area contributed by atoms with Gasteiger partial charge in [-0.05, 0) is 26.3 Å². The maximum absolute atomic E-state index is 12.5. The number of amides is 1. The molecular formula is C15H26N4O2. The number of nitrogens with zero attached hydrogens (tertiary/aromatic N) is 4. The van der Waals surface area contributed by atoms with Crippen LogP contribution in [0, 0.1) is 0 Å². The Kier molecular flexibility index (Phi) is 4.68. The van der Waals surface area contributed by atoms with Crippen molar-refractivity contribution in [3.05, 3.63) is 17.5 Å². The van der Waals surface area contributed by atoms with Crippen molar-refractivity contribution in [2.75, 3.05) is 32.7 Å². The molecule has 21 heavy (non-hydrogen) atoms. The lowest BCUT2D eigenvalue weighted by atomic mass is 10.1. The summed E-state index contributed by atoms with van der Waals surface area (Å²) in [6.45, 7) is 9.29.